The van der Waals surface area contributed by atoms with Crippen molar-refractivity contribution in [2.45, 2.75) is 265 Å². The third-order valence-corrected chi connectivity index (χ3v) is 10.6. The number of aryl methyl sites for hydroxylation is 2. The summed E-state index contributed by atoms with van der Waals surface area (Å²) in [5.74, 6) is 1.62. The fraction of sp³-hybridized carbons (Fsp3) is 0.932. The molecular weight excluding hydrogens is 556 g/mol. The Morgan fingerprint density at radius 2 is 0.674 bits per heavy atom. The third kappa shape index (κ3) is 27.2. The molecule has 0 unspecified atom stereocenters. The highest BCUT2D eigenvalue weighted by atomic mass is 15.1. The van der Waals surface area contributed by atoms with Crippen molar-refractivity contribution < 1.29 is 4.57 Å². The van der Waals surface area contributed by atoms with E-state index in [-0.39, 0.29) is 0 Å². The van der Waals surface area contributed by atoms with Crippen molar-refractivity contribution in [3.63, 3.8) is 0 Å². The van der Waals surface area contributed by atoms with Crippen LogP contribution < -0.4 is 4.57 Å². The molecule has 0 fully saturated rings. The first kappa shape index (κ1) is 43.2. The topological polar surface area (TPSA) is 8.81 Å². The molecule has 0 atom stereocenters. The zero-order chi connectivity index (χ0) is 33.0. The molecule has 0 spiro atoms. The molecule has 0 bridgehead atoms. The van der Waals surface area contributed by atoms with Crippen LogP contribution in [-0.2, 0) is 19.5 Å². The molecule has 1 rings (SSSR count). The summed E-state index contributed by atoms with van der Waals surface area (Å²) in [6.07, 6.45) is 56.4. The van der Waals surface area contributed by atoms with Gasteiger partial charge in [-0.15, -0.1) is 0 Å². The van der Waals surface area contributed by atoms with Gasteiger partial charge in [-0.05, 0) is 32.1 Å². The van der Waals surface area contributed by atoms with Gasteiger partial charge in [0.1, 0.15) is 12.4 Å². The summed E-state index contributed by atoms with van der Waals surface area (Å²) in [5.41, 5.74) is 0. The van der Waals surface area contributed by atoms with Gasteiger partial charge >= 0.3 is 0 Å². The Hall–Kier alpha value is -0.790. The lowest BCUT2D eigenvalue weighted by molar-refractivity contribution is -0.704. The number of rotatable bonds is 38. The molecule has 272 valence electrons. The van der Waals surface area contributed by atoms with Gasteiger partial charge in [-0.1, -0.05) is 213 Å². The molecule has 0 aliphatic heterocycles. The van der Waals surface area contributed by atoms with Crippen LogP contribution in [0.15, 0.2) is 12.4 Å². The second kappa shape index (κ2) is 35.5. The predicted octanol–water partition coefficient (Wildman–Crippen LogP) is 15.0. The van der Waals surface area contributed by atoms with Gasteiger partial charge in [0.2, 0.25) is 0 Å². The lowest BCUT2D eigenvalue weighted by Crippen LogP contribution is -2.37. The largest absolute Gasteiger partial charge is 0.256 e. The van der Waals surface area contributed by atoms with Gasteiger partial charge in [0.05, 0.1) is 13.1 Å². The van der Waals surface area contributed by atoms with E-state index in [1.165, 1.54) is 244 Å². The Balaban J connectivity index is 2.21. The van der Waals surface area contributed by atoms with Crippen LogP contribution in [0.4, 0.5) is 0 Å². The van der Waals surface area contributed by atoms with Crippen LogP contribution in [0, 0.1) is 0 Å². The minimum Gasteiger partial charge on any atom is -0.234 e. The van der Waals surface area contributed by atoms with Crippen LogP contribution in [0.25, 0.3) is 0 Å². The SMILES string of the molecule is CCCCCCCCCCCCCCCCCCCc1n(CCCCCCCCCCCCC)cc[n+]1CCCCCCCCC. The van der Waals surface area contributed by atoms with E-state index in [0.717, 1.165) is 0 Å². The highest BCUT2D eigenvalue weighted by molar-refractivity contribution is 4.84. The standard InChI is InChI=1S/C44H87N2/c1-4-7-10-13-16-18-20-21-22-23-24-25-26-28-30-33-36-39-44-45(40-37-34-31-15-12-9-6-3)42-43-46(44)41-38-35-32-29-27-19-17-14-11-8-5-2/h42-43H,4-41H2,1-3H3/q+1. The Morgan fingerprint density at radius 1 is 0.370 bits per heavy atom. The van der Waals surface area contributed by atoms with Crippen molar-refractivity contribution >= 4 is 0 Å². The van der Waals surface area contributed by atoms with Gasteiger partial charge in [-0.25, -0.2) is 9.13 Å². The normalized spacial score (nSPS) is 11.6. The number of hydrogen-bond acceptors (Lipinski definition) is 0. The summed E-state index contributed by atoms with van der Waals surface area (Å²) in [7, 11) is 0. The fourth-order valence-electron chi connectivity index (χ4n) is 7.39. The monoisotopic (exact) mass is 644 g/mol. The Bertz CT molecular complexity index is 707. The zero-order valence-electron chi connectivity index (χ0n) is 32.4. The van der Waals surface area contributed by atoms with Crippen molar-refractivity contribution in [2.24, 2.45) is 0 Å². The summed E-state index contributed by atoms with van der Waals surface area (Å²) in [6, 6.07) is 0. The molecule has 46 heavy (non-hydrogen) atoms. The van der Waals surface area contributed by atoms with E-state index in [9.17, 15) is 0 Å². The predicted molar refractivity (Wildman–Crippen MR) is 207 cm³/mol. The Labute approximate surface area is 291 Å². The van der Waals surface area contributed by atoms with Crippen LogP contribution in [0.5, 0.6) is 0 Å². The van der Waals surface area contributed by atoms with Gasteiger partial charge in [0.25, 0.3) is 5.82 Å². The lowest BCUT2D eigenvalue weighted by atomic mass is 10.0. The maximum Gasteiger partial charge on any atom is 0.256 e. The number of imidazole rings is 1. The van der Waals surface area contributed by atoms with Crippen LogP contribution >= 0.6 is 0 Å². The highest BCUT2D eigenvalue weighted by Gasteiger charge is 2.16. The lowest BCUT2D eigenvalue weighted by Gasteiger charge is -2.07. The molecule has 0 saturated carbocycles. The van der Waals surface area contributed by atoms with E-state index in [1.54, 1.807) is 5.82 Å². The minimum absolute atomic E-state index is 1.23. The van der Waals surface area contributed by atoms with E-state index in [0.29, 0.717) is 0 Å². The van der Waals surface area contributed by atoms with E-state index < -0.39 is 0 Å². The molecule has 1 heterocycles. The summed E-state index contributed by atoms with van der Waals surface area (Å²) in [4.78, 5) is 0. The van der Waals surface area contributed by atoms with E-state index in [2.05, 4.69) is 42.3 Å². The molecule has 1 aromatic heterocycles. The first-order valence-corrected chi connectivity index (χ1v) is 21.9. The van der Waals surface area contributed by atoms with Crippen LogP contribution in [-0.4, -0.2) is 4.57 Å². The van der Waals surface area contributed by atoms with Crippen LogP contribution in [0.1, 0.15) is 251 Å². The highest BCUT2D eigenvalue weighted by Crippen LogP contribution is 2.16. The van der Waals surface area contributed by atoms with Crippen LogP contribution in [0.3, 0.4) is 0 Å². The number of hydrogen-bond donors (Lipinski definition) is 0. The van der Waals surface area contributed by atoms with Gasteiger partial charge in [0, 0.05) is 6.42 Å². The number of aromatic nitrogens is 2. The fourth-order valence-corrected chi connectivity index (χ4v) is 7.39. The average Bonchev–Trinajstić information content (AvgIpc) is 3.45. The van der Waals surface area contributed by atoms with Gasteiger partial charge in [0.15, 0.2) is 0 Å². The molecule has 0 N–H and O–H groups in total. The van der Waals surface area contributed by atoms with E-state index in [4.69, 9.17) is 0 Å². The molecule has 2 heteroatoms. The van der Waals surface area contributed by atoms with Crippen LogP contribution in [0.2, 0.25) is 0 Å². The second-order valence-corrected chi connectivity index (χ2v) is 15.2. The summed E-state index contributed by atoms with van der Waals surface area (Å²) >= 11 is 0. The summed E-state index contributed by atoms with van der Waals surface area (Å²) in [6.45, 7) is 9.41. The van der Waals surface area contributed by atoms with Crippen molar-refractivity contribution in [1.29, 1.82) is 0 Å². The molecule has 0 aromatic carbocycles. The molecule has 0 amide bonds. The van der Waals surface area contributed by atoms with E-state index in [1.807, 2.05) is 0 Å². The molecule has 0 aliphatic carbocycles. The maximum absolute atomic E-state index is 2.64. The van der Waals surface area contributed by atoms with Gasteiger partial charge in [-0.2, -0.15) is 0 Å². The number of nitrogens with zero attached hydrogens (tertiary/aromatic N) is 2. The molecule has 1 aromatic rings. The Morgan fingerprint density at radius 3 is 1.04 bits per heavy atom. The smallest absolute Gasteiger partial charge is 0.234 e. The quantitative estimate of drug-likeness (QED) is 0.0501. The Kier molecular flexibility index (Phi) is 33.4. The molecular formula is C44H87N2+. The van der Waals surface area contributed by atoms with Gasteiger partial charge < -0.3 is 0 Å². The van der Waals surface area contributed by atoms with Crippen molar-refractivity contribution in [2.75, 3.05) is 0 Å². The number of unbranched alkanes of at least 4 members (excludes halogenated alkanes) is 32. The molecule has 2 nitrogen and oxygen atoms in total. The van der Waals surface area contributed by atoms with Crippen molar-refractivity contribution in [3.8, 4) is 0 Å². The van der Waals surface area contributed by atoms with Gasteiger partial charge in [-0.3, -0.25) is 0 Å². The first-order chi connectivity index (χ1) is 22.8. The van der Waals surface area contributed by atoms with Crippen molar-refractivity contribution in [3.05, 3.63) is 18.2 Å². The molecule has 0 aliphatic rings. The second-order valence-electron chi connectivity index (χ2n) is 15.2. The maximum atomic E-state index is 2.64. The van der Waals surface area contributed by atoms with E-state index >= 15 is 0 Å². The third-order valence-electron chi connectivity index (χ3n) is 10.6. The molecule has 0 radical (unpaired) electrons. The first-order valence-electron chi connectivity index (χ1n) is 21.9. The zero-order valence-corrected chi connectivity index (χ0v) is 32.4. The molecule has 0 saturated heterocycles. The minimum atomic E-state index is 1.23. The summed E-state index contributed by atoms with van der Waals surface area (Å²) < 4.78 is 5.28. The average molecular weight is 644 g/mol. The summed E-state index contributed by atoms with van der Waals surface area (Å²) in [5, 5.41) is 0. The van der Waals surface area contributed by atoms with Crippen molar-refractivity contribution in [1.82, 2.24) is 4.57 Å².